The third-order valence-corrected chi connectivity index (χ3v) is 5.36. The minimum Gasteiger partial charge on any atom is -0.490 e. The fourth-order valence-corrected chi connectivity index (χ4v) is 3.38. The van der Waals surface area contributed by atoms with Crippen LogP contribution in [0.3, 0.4) is 0 Å². The van der Waals surface area contributed by atoms with E-state index in [1.54, 1.807) is 0 Å². The van der Waals surface area contributed by atoms with E-state index >= 15 is 0 Å². The van der Waals surface area contributed by atoms with Gasteiger partial charge in [0.25, 0.3) is 6.43 Å². The third kappa shape index (κ3) is 7.42. The summed E-state index contributed by atoms with van der Waals surface area (Å²) < 4.78 is 82.0. The summed E-state index contributed by atoms with van der Waals surface area (Å²) in [6, 6.07) is 2.39. The van der Waals surface area contributed by atoms with Crippen molar-refractivity contribution in [3.63, 3.8) is 0 Å². The van der Waals surface area contributed by atoms with Gasteiger partial charge in [-0.2, -0.15) is 13.2 Å². The second kappa shape index (κ2) is 10.9. The predicted octanol–water partition coefficient (Wildman–Crippen LogP) is 6.44. The number of aromatic nitrogens is 2. The minimum atomic E-state index is -4.33. The van der Waals surface area contributed by atoms with E-state index in [4.69, 9.17) is 16.3 Å². The summed E-state index contributed by atoms with van der Waals surface area (Å²) in [7, 11) is 0. The van der Waals surface area contributed by atoms with Crippen molar-refractivity contribution in [2.75, 3.05) is 24.2 Å². The molecule has 0 atom stereocenters. The smallest absolute Gasteiger partial charge is 0.398 e. The molecule has 2 aromatic rings. The number of thioether (sulfide) groups is 1. The first-order valence-corrected chi connectivity index (χ1v) is 10.1. The maximum Gasteiger partial charge on any atom is 0.398 e. The van der Waals surface area contributed by atoms with Crippen molar-refractivity contribution in [1.82, 2.24) is 9.97 Å². The van der Waals surface area contributed by atoms with E-state index in [2.05, 4.69) is 15.3 Å². The highest BCUT2D eigenvalue weighted by molar-refractivity contribution is 7.99. The number of halogens is 7. The Bertz CT molecular complexity index is 853. The van der Waals surface area contributed by atoms with Gasteiger partial charge in [0.15, 0.2) is 11.6 Å². The maximum absolute atomic E-state index is 14.0. The molecule has 12 heteroatoms. The van der Waals surface area contributed by atoms with E-state index in [0.29, 0.717) is 41.6 Å². The Balaban J connectivity index is 1.81. The molecular formula is C18H18ClF6N3OS. The zero-order valence-corrected chi connectivity index (χ0v) is 17.3. The number of nitrogens with zero attached hydrogens (tertiary/aromatic N) is 2. The standard InChI is InChI=1S/C18H18ClF6N3OS/c1-10-6-11(20)12(7-13(10)30-8-18(23,24)25)29-5-3-2-4-26-17-14(19)15(16(21)22)27-9-28-17/h6-7,9,16H,2-5,8H2,1H3,(H,26,27,28). The van der Waals surface area contributed by atoms with Crippen LogP contribution in [0.5, 0.6) is 5.75 Å². The van der Waals surface area contributed by atoms with Crippen LogP contribution in [0.15, 0.2) is 23.4 Å². The summed E-state index contributed by atoms with van der Waals surface area (Å²) in [5.74, 6) is -1.78. The number of aryl methyl sites for hydroxylation is 1. The number of nitrogens with one attached hydrogen (secondary N) is 1. The molecule has 0 spiro atoms. The number of rotatable bonds is 10. The van der Waals surface area contributed by atoms with E-state index in [0.717, 1.165) is 12.4 Å². The molecule has 0 aliphatic rings. The highest BCUT2D eigenvalue weighted by Crippen LogP contribution is 2.33. The molecule has 30 heavy (non-hydrogen) atoms. The maximum atomic E-state index is 14.0. The van der Waals surface area contributed by atoms with Crippen molar-refractivity contribution in [3.05, 3.63) is 40.6 Å². The Kier molecular flexibility index (Phi) is 8.90. The van der Waals surface area contributed by atoms with Crippen molar-refractivity contribution in [2.24, 2.45) is 0 Å². The molecular weight excluding hydrogens is 456 g/mol. The van der Waals surface area contributed by atoms with Gasteiger partial charge in [0.2, 0.25) is 0 Å². The van der Waals surface area contributed by atoms with Crippen LogP contribution in [0.25, 0.3) is 0 Å². The molecule has 2 rings (SSSR count). The fourth-order valence-electron chi connectivity index (χ4n) is 2.33. The van der Waals surface area contributed by atoms with E-state index in [-0.39, 0.29) is 23.2 Å². The molecule has 4 nitrogen and oxygen atoms in total. The van der Waals surface area contributed by atoms with E-state index < -0.39 is 29.9 Å². The van der Waals surface area contributed by atoms with Crippen LogP contribution in [0, 0.1) is 12.7 Å². The molecule has 0 radical (unpaired) electrons. The van der Waals surface area contributed by atoms with Crippen molar-refractivity contribution in [1.29, 1.82) is 0 Å². The van der Waals surface area contributed by atoms with Crippen LogP contribution in [-0.2, 0) is 0 Å². The van der Waals surface area contributed by atoms with Crippen LogP contribution in [0.4, 0.5) is 32.2 Å². The summed E-state index contributed by atoms with van der Waals surface area (Å²) in [6.07, 6.45) is -5.18. The molecule has 0 aliphatic heterocycles. The zero-order chi connectivity index (χ0) is 22.3. The van der Waals surface area contributed by atoms with Gasteiger partial charge in [-0.1, -0.05) is 11.6 Å². The molecule has 0 saturated carbocycles. The van der Waals surface area contributed by atoms with Crippen LogP contribution in [-0.4, -0.2) is 35.0 Å². The quantitative estimate of drug-likeness (QED) is 0.244. The Morgan fingerprint density at radius 1 is 1.20 bits per heavy atom. The molecule has 0 unspecified atom stereocenters. The average Bonchev–Trinajstić information content (AvgIpc) is 2.65. The van der Waals surface area contributed by atoms with Gasteiger partial charge in [-0.3, -0.25) is 0 Å². The minimum absolute atomic E-state index is 0.0822. The first-order chi connectivity index (χ1) is 14.1. The normalized spacial score (nSPS) is 11.8. The first-order valence-electron chi connectivity index (χ1n) is 8.73. The van der Waals surface area contributed by atoms with Gasteiger partial charge >= 0.3 is 6.18 Å². The van der Waals surface area contributed by atoms with E-state index in [1.165, 1.54) is 13.0 Å². The van der Waals surface area contributed by atoms with Gasteiger partial charge < -0.3 is 10.1 Å². The topological polar surface area (TPSA) is 47.0 Å². The van der Waals surface area contributed by atoms with Crippen LogP contribution in [0.1, 0.15) is 30.5 Å². The summed E-state index contributed by atoms with van der Waals surface area (Å²) in [5, 5.41) is 2.55. The number of hydrogen-bond donors (Lipinski definition) is 1. The summed E-state index contributed by atoms with van der Waals surface area (Å²) in [5.41, 5.74) is -0.172. The summed E-state index contributed by atoms with van der Waals surface area (Å²) >= 11 is 6.38. The van der Waals surface area contributed by atoms with Gasteiger partial charge in [0.1, 0.15) is 22.9 Å². The monoisotopic (exact) mass is 473 g/mol. The molecule has 0 bridgehead atoms. The van der Waals surface area contributed by atoms with Crippen LogP contribution in [0.2, 0.25) is 5.02 Å². The van der Waals surface area contributed by atoms with Crippen molar-refractivity contribution in [2.45, 2.75) is 37.3 Å². The van der Waals surface area contributed by atoms with Crippen molar-refractivity contribution < 1.29 is 31.1 Å². The number of ether oxygens (including phenoxy) is 1. The largest absolute Gasteiger partial charge is 0.490 e. The Hall–Kier alpha value is -1.88. The molecule has 1 N–H and O–H groups in total. The molecule has 1 aromatic carbocycles. The van der Waals surface area contributed by atoms with Gasteiger partial charge in [-0.25, -0.2) is 23.1 Å². The third-order valence-electron chi connectivity index (χ3n) is 3.77. The van der Waals surface area contributed by atoms with Gasteiger partial charge in [-0.05, 0) is 37.5 Å². The number of alkyl halides is 5. The Labute approximate surface area is 178 Å². The predicted molar refractivity (Wildman–Crippen MR) is 103 cm³/mol. The molecule has 0 saturated heterocycles. The Morgan fingerprint density at radius 2 is 1.93 bits per heavy atom. The van der Waals surface area contributed by atoms with Crippen molar-refractivity contribution in [3.8, 4) is 5.75 Å². The van der Waals surface area contributed by atoms with Gasteiger partial charge in [-0.15, -0.1) is 11.8 Å². The zero-order valence-electron chi connectivity index (χ0n) is 15.7. The lowest BCUT2D eigenvalue weighted by Crippen LogP contribution is -2.11. The number of benzene rings is 1. The van der Waals surface area contributed by atoms with Gasteiger partial charge in [0.05, 0.1) is 12.4 Å². The van der Waals surface area contributed by atoms with Crippen molar-refractivity contribution >= 4 is 29.2 Å². The fraction of sp³-hybridized carbons (Fsp3) is 0.444. The second-order valence-electron chi connectivity index (χ2n) is 6.16. The van der Waals surface area contributed by atoms with Gasteiger partial charge in [0, 0.05) is 11.4 Å². The molecule has 0 amide bonds. The molecule has 1 aromatic heterocycles. The Morgan fingerprint density at radius 3 is 2.60 bits per heavy atom. The highest BCUT2D eigenvalue weighted by atomic mass is 35.5. The lowest BCUT2D eigenvalue weighted by atomic mass is 10.2. The van der Waals surface area contributed by atoms with E-state index in [9.17, 15) is 26.3 Å². The molecule has 166 valence electrons. The SMILES string of the molecule is Cc1cc(F)c(OCCCCNc2ncnc(C(F)F)c2Cl)cc1SCC(F)(F)F. The number of hydrogen-bond acceptors (Lipinski definition) is 5. The molecule has 1 heterocycles. The average molecular weight is 474 g/mol. The summed E-state index contributed by atoms with van der Waals surface area (Å²) in [6.45, 7) is 1.98. The summed E-state index contributed by atoms with van der Waals surface area (Å²) in [4.78, 5) is 7.52. The number of unbranched alkanes of at least 4 members (excludes halogenated alkanes) is 1. The molecule has 0 aliphatic carbocycles. The highest BCUT2D eigenvalue weighted by Gasteiger charge is 2.27. The first kappa shape index (κ1) is 24.4. The lowest BCUT2D eigenvalue weighted by molar-refractivity contribution is -0.105. The second-order valence-corrected chi connectivity index (χ2v) is 7.55. The van der Waals surface area contributed by atoms with Crippen LogP contribution >= 0.6 is 23.4 Å². The van der Waals surface area contributed by atoms with Crippen LogP contribution < -0.4 is 10.1 Å². The molecule has 0 fully saturated rings. The van der Waals surface area contributed by atoms with E-state index in [1.807, 2.05) is 0 Å². The lowest BCUT2D eigenvalue weighted by Gasteiger charge is -2.13. The number of anilines is 1.